The number of primary amides is 1. The first-order chi connectivity index (χ1) is 14.4. The van der Waals surface area contributed by atoms with E-state index in [4.69, 9.17) is 14.6 Å². The molecule has 3 amide bonds. The summed E-state index contributed by atoms with van der Waals surface area (Å²) in [7, 11) is 0. The average Bonchev–Trinajstić information content (AvgIpc) is 3.32. The van der Waals surface area contributed by atoms with Crippen molar-refractivity contribution in [1.29, 1.82) is 0 Å². The Balaban J connectivity index is 1.58. The second-order valence-corrected chi connectivity index (χ2v) is 7.04. The predicted octanol–water partition coefficient (Wildman–Crippen LogP) is 4.39. The molecule has 150 valence electrons. The van der Waals surface area contributed by atoms with Gasteiger partial charge in [0.25, 0.3) is 17.7 Å². The summed E-state index contributed by atoms with van der Waals surface area (Å²) in [5.74, 6) is -1.78. The zero-order valence-corrected chi connectivity index (χ0v) is 16.9. The van der Waals surface area contributed by atoms with Crippen LogP contribution in [0.25, 0.3) is 11.0 Å². The SMILES string of the molecule is NC(=O)c1oc2ccccc2c1NC(=O)c1cccc(NC(=O)c2ccc(Br)o2)c1. The fraction of sp³-hybridized carbons (Fsp3) is 0. The number of carbonyl (C=O) groups excluding carboxylic acids is 3. The summed E-state index contributed by atoms with van der Waals surface area (Å²) in [6.45, 7) is 0. The van der Waals surface area contributed by atoms with Gasteiger partial charge in [-0.1, -0.05) is 18.2 Å². The van der Waals surface area contributed by atoms with Gasteiger partial charge in [-0.25, -0.2) is 0 Å². The summed E-state index contributed by atoms with van der Waals surface area (Å²) < 4.78 is 11.1. The van der Waals surface area contributed by atoms with E-state index in [1.807, 2.05) is 0 Å². The standard InChI is InChI=1S/C21H14BrN3O5/c22-16-9-8-15(29-16)21(28)24-12-5-3-4-11(10-12)20(27)25-17-13-6-1-2-7-14(13)30-18(17)19(23)26/h1-10H,(H2,23,26)(H,24,28)(H,25,27). The summed E-state index contributed by atoms with van der Waals surface area (Å²) in [5, 5.41) is 5.88. The summed E-state index contributed by atoms with van der Waals surface area (Å²) in [6, 6.07) is 16.3. The smallest absolute Gasteiger partial charge is 0.291 e. The largest absolute Gasteiger partial charge is 0.449 e. The first-order valence-electron chi connectivity index (χ1n) is 8.72. The number of anilines is 2. The van der Waals surface area contributed by atoms with Crippen LogP contribution >= 0.6 is 15.9 Å². The van der Waals surface area contributed by atoms with E-state index in [1.54, 1.807) is 48.5 Å². The maximum atomic E-state index is 12.8. The Morgan fingerprint density at radius 2 is 1.67 bits per heavy atom. The number of nitrogens with one attached hydrogen (secondary N) is 2. The molecule has 0 saturated heterocycles. The molecule has 0 aliphatic rings. The molecule has 0 radical (unpaired) electrons. The van der Waals surface area contributed by atoms with Crippen molar-refractivity contribution in [3.05, 3.63) is 82.4 Å². The zero-order chi connectivity index (χ0) is 21.3. The lowest BCUT2D eigenvalue weighted by atomic mass is 10.1. The highest BCUT2D eigenvalue weighted by atomic mass is 79.9. The van der Waals surface area contributed by atoms with E-state index in [2.05, 4.69) is 26.6 Å². The Labute approximate surface area is 178 Å². The number of fused-ring (bicyclic) bond motifs is 1. The first-order valence-corrected chi connectivity index (χ1v) is 9.51. The zero-order valence-electron chi connectivity index (χ0n) is 15.3. The number of amides is 3. The Kier molecular flexibility index (Phi) is 5.11. The van der Waals surface area contributed by atoms with E-state index in [1.165, 1.54) is 12.1 Å². The number of rotatable bonds is 5. The monoisotopic (exact) mass is 467 g/mol. The molecule has 2 aromatic heterocycles. The lowest BCUT2D eigenvalue weighted by molar-refractivity contribution is 0.0974. The maximum Gasteiger partial charge on any atom is 0.291 e. The maximum absolute atomic E-state index is 12.8. The van der Waals surface area contributed by atoms with Gasteiger partial charge in [0.05, 0.1) is 0 Å². The number of nitrogens with two attached hydrogens (primary N) is 1. The molecule has 8 nitrogen and oxygen atoms in total. The Bertz CT molecular complexity index is 1290. The van der Waals surface area contributed by atoms with Crippen LogP contribution in [0.4, 0.5) is 11.4 Å². The van der Waals surface area contributed by atoms with Crippen LogP contribution in [0.1, 0.15) is 31.5 Å². The van der Waals surface area contributed by atoms with E-state index in [0.29, 0.717) is 21.3 Å². The number of para-hydroxylation sites is 1. The topological polar surface area (TPSA) is 128 Å². The van der Waals surface area contributed by atoms with Crippen LogP contribution in [0.15, 0.2) is 74.2 Å². The molecule has 4 rings (SSSR count). The van der Waals surface area contributed by atoms with Crippen molar-refractivity contribution in [3.8, 4) is 0 Å². The number of carbonyl (C=O) groups is 3. The van der Waals surface area contributed by atoms with Crippen molar-refractivity contribution >= 4 is 56.0 Å². The minimum absolute atomic E-state index is 0.118. The van der Waals surface area contributed by atoms with Crippen molar-refractivity contribution in [3.63, 3.8) is 0 Å². The second-order valence-electron chi connectivity index (χ2n) is 6.26. The molecule has 0 fully saturated rings. The number of furan rings is 2. The van der Waals surface area contributed by atoms with Gasteiger partial charge >= 0.3 is 0 Å². The lowest BCUT2D eigenvalue weighted by Gasteiger charge is -2.08. The van der Waals surface area contributed by atoms with Gasteiger partial charge < -0.3 is 25.2 Å². The van der Waals surface area contributed by atoms with E-state index < -0.39 is 17.7 Å². The second kappa shape index (κ2) is 7.88. The number of benzene rings is 2. The molecular weight excluding hydrogens is 454 g/mol. The fourth-order valence-electron chi connectivity index (χ4n) is 2.90. The van der Waals surface area contributed by atoms with Crippen LogP contribution < -0.4 is 16.4 Å². The third-order valence-electron chi connectivity index (χ3n) is 4.24. The average molecular weight is 468 g/mol. The highest BCUT2D eigenvalue weighted by molar-refractivity contribution is 9.10. The molecule has 9 heteroatoms. The molecular formula is C21H14BrN3O5. The molecule has 30 heavy (non-hydrogen) atoms. The van der Waals surface area contributed by atoms with Gasteiger partial charge in [-0.3, -0.25) is 14.4 Å². The normalized spacial score (nSPS) is 10.7. The third kappa shape index (κ3) is 3.83. The molecule has 2 heterocycles. The summed E-state index contributed by atoms with van der Waals surface area (Å²) in [5.41, 5.74) is 6.66. The molecule has 0 aliphatic carbocycles. The van der Waals surface area contributed by atoms with Gasteiger partial charge in [0.2, 0.25) is 5.76 Å². The van der Waals surface area contributed by atoms with Crippen molar-refractivity contribution < 1.29 is 23.2 Å². The van der Waals surface area contributed by atoms with Crippen LogP contribution in [0, 0.1) is 0 Å². The molecule has 0 aliphatic heterocycles. The van der Waals surface area contributed by atoms with Crippen molar-refractivity contribution in [2.45, 2.75) is 0 Å². The van der Waals surface area contributed by atoms with E-state index in [9.17, 15) is 14.4 Å². The van der Waals surface area contributed by atoms with Crippen LogP contribution in [0.2, 0.25) is 0 Å². The molecule has 0 saturated carbocycles. The molecule has 0 unspecified atom stereocenters. The molecule has 0 spiro atoms. The minimum Gasteiger partial charge on any atom is -0.449 e. The van der Waals surface area contributed by atoms with Crippen LogP contribution in [-0.4, -0.2) is 17.7 Å². The summed E-state index contributed by atoms with van der Waals surface area (Å²) >= 11 is 3.14. The van der Waals surface area contributed by atoms with Crippen LogP contribution in [0.3, 0.4) is 0 Å². The quantitative estimate of drug-likeness (QED) is 0.400. The van der Waals surface area contributed by atoms with Crippen molar-refractivity contribution in [1.82, 2.24) is 0 Å². The molecule has 4 N–H and O–H groups in total. The number of halogens is 1. The van der Waals surface area contributed by atoms with Crippen molar-refractivity contribution in [2.24, 2.45) is 5.73 Å². The Morgan fingerprint density at radius 1 is 0.867 bits per heavy atom. The number of hydrogen-bond donors (Lipinski definition) is 3. The molecule has 0 atom stereocenters. The van der Waals surface area contributed by atoms with Crippen LogP contribution in [0.5, 0.6) is 0 Å². The van der Waals surface area contributed by atoms with Gasteiger partial charge in [-0.15, -0.1) is 0 Å². The molecule has 0 bridgehead atoms. The number of hydrogen-bond acceptors (Lipinski definition) is 5. The van der Waals surface area contributed by atoms with Gasteiger partial charge in [0.15, 0.2) is 10.4 Å². The first kappa shape index (κ1) is 19.5. The lowest BCUT2D eigenvalue weighted by Crippen LogP contribution is -2.17. The van der Waals surface area contributed by atoms with E-state index in [-0.39, 0.29) is 22.8 Å². The fourth-order valence-corrected chi connectivity index (χ4v) is 3.20. The van der Waals surface area contributed by atoms with Gasteiger partial charge in [-0.2, -0.15) is 0 Å². The highest BCUT2D eigenvalue weighted by Gasteiger charge is 2.21. The van der Waals surface area contributed by atoms with Gasteiger partial charge in [-0.05, 0) is 58.4 Å². The summed E-state index contributed by atoms with van der Waals surface area (Å²) in [6.07, 6.45) is 0. The van der Waals surface area contributed by atoms with Crippen molar-refractivity contribution in [2.75, 3.05) is 10.6 Å². The Hall–Kier alpha value is -3.85. The van der Waals surface area contributed by atoms with Crippen LogP contribution in [-0.2, 0) is 0 Å². The minimum atomic E-state index is -0.799. The van der Waals surface area contributed by atoms with E-state index in [0.717, 1.165) is 0 Å². The Morgan fingerprint density at radius 3 is 2.40 bits per heavy atom. The van der Waals surface area contributed by atoms with E-state index >= 15 is 0 Å². The molecule has 4 aromatic rings. The highest BCUT2D eigenvalue weighted by Crippen LogP contribution is 2.31. The molecule has 2 aromatic carbocycles. The summed E-state index contributed by atoms with van der Waals surface area (Å²) in [4.78, 5) is 36.8. The van der Waals surface area contributed by atoms with Gasteiger partial charge in [0, 0.05) is 16.6 Å². The third-order valence-corrected chi connectivity index (χ3v) is 4.66. The predicted molar refractivity (Wildman–Crippen MR) is 113 cm³/mol. The van der Waals surface area contributed by atoms with Gasteiger partial charge in [0.1, 0.15) is 11.3 Å².